The molecule has 2 atom stereocenters. The first-order valence-corrected chi connectivity index (χ1v) is 5.89. The molecular weight excluding hydrogens is 293 g/mol. The number of nitrogens with two attached hydrogens (primary N) is 1. The third-order valence-corrected chi connectivity index (χ3v) is 3.13. The quantitative estimate of drug-likeness (QED) is 0.491. The lowest BCUT2D eigenvalue weighted by atomic mass is 10.1. The van der Waals surface area contributed by atoms with Gasteiger partial charge >= 0.3 is 5.97 Å². The molecule has 0 aliphatic carbocycles. The molecule has 0 heterocycles. The Morgan fingerprint density at radius 2 is 1.79 bits per heavy atom. The Morgan fingerprint density at radius 3 is 2.07 bits per heavy atom. The Kier molecular flexibility index (Phi) is 5.36. The summed E-state index contributed by atoms with van der Waals surface area (Å²) in [6.45, 7) is 9.74. The lowest BCUT2D eigenvalue weighted by molar-refractivity contribution is -0.151. The molecule has 0 saturated carbocycles. The molecule has 14 heavy (non-hydrogen) atoms. The molecule has 0 radical (unpaired) electrons. The Bertz CT molecular complexity index is 199. The summed E-state index contributed by atoms with van der Waals surface area (Å²) in [5.41, 5.74) is 5.67. The highest BCUT2D eigenvalue weighted by molar-refractivity contribution is 14.1. The zero-order valence-electron chi connectivity index (χ0n) is 9.50. The SMILES string of the molecule is CC(C)C(N)C(=O)OC(C)C(C)(C)I. The maximum atomic E-state index is 11.5. The molecule has 0 aliphatic heterocycles. The highest BCUT2D eigenvalue weighted by Crippen LogP contribution is 2.24. The Morgan fingerprint density at radius 1 is 1.36 bits per heavy atom. The van der Waals surface area contributed by atoms with Crippen molar-refractivity contribution in [3.63, 3.8) is 0 Å². The van der Waals surface area contributed by atoms with E-state index in [0.29, 0.717) is 0 Å². The standard InChI is InChI=1S/C10H20INO2/c1-6(2)8(12)9(13)14-7(3)10(4,5)11/h6-8H,12H2,1-5H3. The number of esters is 1. The van der Waals surface area contributed by atoms with Crippen LogP contribution in [0.15, 0.2) is 0 Å². The van der Waals surface area contributed by atoms with Crippen molar-refractivity contribution in [3.05, 3.63) is 0 Å². The van der Waals surface area contributed by atoms with E-state index in [9.17, 15) is 4.79 Å². The van der Waals surface area contributed by atoms with E-state index in [4.69, 9.17) is 10.5 Å². The maximum Gasteiger partial charge on any atom is 0.323 e. The normalized spacial score (nSPS) is 16.6. The van der Waals surface area contributed by atoms with Crippen LogP contribution in [0.25, 0.3) is 0 Å². The molecule has 0 bridgehead atoms. The van der Waals surface area contributed by atoms with Gasteiger partial charge in [-0.3, -0.25) is 4.79 Å². The van der Waals surface area contributed by atoms with Crippen molar-refractivity contribution in [2.75, 3.05) is 0 Å². The molecule has 4 heteroatoms. The van der Waals surface area contributed by atoms with E-state index in [0.717, 1.165) is 0 Å². The number of hydrogen-bond acceptors (Lipinski definition) is 3. The Balaban J connectivity index is 4.20. The van der Waals surface area contributed by atoms with Gasteiger partial charge in [0.2, 0.25) is 0 Å². The van der Waals surface area contributed by atoms with Crippen LogP contribution in [0.3, 0.4) is 0 Å². The summed E-state index contributed by atoms with van der Waals surface area (Å²) in [6.07, 6.45) is -0.125. The molecule has 0 aromatic heterocycles. The minimum absolute atomic E-state index is 0.0654. The lowest BCUT2D eigenvalue weighted by Crippen LogP contribution is -2.41. The number of halogens is 1. The van der Waals surface area contributed by atoms with Crippen molar-refractivity contribution < 1.29 is 9.53 Å². The minimum atomic E-state index is -0.517. The van der Waals surface area contributed by atoms with Gasteiger partial charge in [0.15, 0.2) is 0 Å². The molecule has 0 aliphatic rings. The molecule has 0 saturated heterocycles. The third kappa shape index (κ3) is 4.59. The third-order valence-electron chi connectivity index (χ3n) is 2.25. The van der Waals surface area contributed by atoms with Crippen LogP contribution in [0.4, 0.5) is 0 Å². The summed E-state index contributed by atoms with van der Waals surface area (Å²) in [6, 6.07) is -0.517. The summed E-state index contributed by atoms with van der Waals surface area (Å²) < 4.78 is 5.20. The molecule has 0 rings (SSSR count). The van der Waals surface area contributed by atoms with Crippen molar-refractivity contribution in [1.29, 1.82) is 0 Å². The second-order valence-electron chi connectivity index (χ2n) is 4.41. The van der Waals surface area contributed by atoms with Gasteiger partial charge in [0, 0.05) is 0 Å². The van der Waals surface area contributed by atoms with Crippen LogP contribution in [0.1, 0.15) is 34.6 Å². The summed E-state index contributed by atoms with van der Waals surface area (Å²) >= 11 is 2.26. The fraction of sp³-hybridized carbons (Fsp3) is 0.900. The van der Waals surface area contributed by atoms with E-state index in [-0.39, 0.29) is 21.4 Å². The van der Waals surface area contributed by atoms with Gasteiger partial charge in [-0.25, -0.2) is 0 Å². The molecule has 0 aromatic rings. The smallest absolute Gasteiger partial charge is 0.323 e. The fourth-order valence-corrected chi connectivity index (χ4v) is 0.792. The molecular formula is C10H20INO2. The van der Waals surface area contributed by atoms with E-state index in [1.165, 1.54) is 0 Å². The van der Waals surface area contributed by atoms with Crippen molar-refractivity contribution in [1.82, 2.24) is 0 Å². The molecule has 3 nitrogen and oxygen atoms in total. The molecule has 0 aromatic carbocycles. The van der Waals surface area contributed by atoms with Crippen LogP contribution in [-0.4, -0.2) is 21.5 Å². The van der Waals surface area contributed by atoms with Crippen molar-refractivity contribution in [2.24, 2.45) is 11.7 Å². The average Bonchev–Trinajstić information content (AvgIpc) is 2.00. The zero-order chi connectivity index (χ0) is 11.5. The summed E-state index contributed by atoms with van der Waals surface area (Å²) in [4.78, 5) is 11.5. The van der Waals surface area contributed by atoms with Gasteiger partial charge in [0.25, 0.3) is 0 Å². The molecule has 0 fully saturated rings. The maximum absolute atomic E-state index is 11.5. The highest BCUT2D eigenvalue weighted by Gasteiger charge is 2.28. The average molecular weight is 313 g/mol. The van der Waals surface area contributed by atoms with Gasteiger partial charge in [-0.2, -0.15) is 0 Å². The van der Waals surface area contributed by atoms with Crippen molar-refractivity contribution in [3.8, 4) is 0 Å². The summed E-state index contributed by atoms with van der Waals surface area (Å²) in [5.74, 6) is -0.190. The van der Waals surface area contributed by atoms with Crippen LogP contribution in [0, 0.1) is 5.92 Å². The van der Waals surface area contributed by atoms with Crippen LogP contribution in [0.5, 0.6) is 0 Å². The van der Waals surface area contributed by atoms with Gasteiger partial charge < -0.3 is 10.5 Å². The number of rotatable bonds is 4. The number of carbonyl (C=O) groups is 1. The van der Waals surface area contributed by atoms with Crippen LogP contribution < -0.4 is 5.73 Å². The molecule has 2 unspecified atom stereocenters. The predicted molar refractivity (Wildman–Crippen MR) is 66.5 cm³/mol. The number of ether oxygens (including phenoxy) is 1. The molecule has 2 N–H and O–H groups in total. The highest BCUT2D eigenvalue weighted by atomic mass is 127. The van der Waals surface area contributed by atoms with E-state index in [1.54, 1.807) is 0 Å². The second kappa shape index (κ2) is 5.30. The predicted octanol–water partition coefficient (Wildman–Crippen LogP) is 2.12. The van der Waals surface area contributed by atoms with Crippen LogP contribution in [0.2, 0.25) is 0 Å². The Hall–Kier alpha value is 0.160. The zero-order valence-corrected chi connectivity index (χ0v) is 11.7. The number of alkyl halides is 1. The van der Waals surface area contributed by atoms with E-state index < -0.39 is 6.04 Å². The first-order chi connectivity index (χ1) is 6.16. The second-order valence-corrected chi connectivity index (χ2v) is 7.19. The first-order valence-electron chi connectivity index (χ1n) is 4.81. The van der Waals surface area contributed by atoms with Gasteiger partial charge in [0.05, 0.1) is 3.42 Å². The molecule has 0 amide bonds. The number of hydrogen-bond donors (Lipinski definition) is 1. The summed E-state index contributed by atoms with van der Waals surface area (Å²) in [7, 11) is 0. The topological polar surface area (TPSA) is 52.3 Å². The van der Waals surface area contributed by atoms with Gasteiger partial charge in [0.1, 0.15) is 12.1 Å². The van der Waals surface area contributed by atoms with Crippen molar-refractivity contribution in [2.45, 2.75) is 50.2 Å². The Labute approximate surface area is 99.9 Å². The molecule has 84 valence electrons. The van der Waals surface area contributed by atoms with Crippen molar-refractivity contribution >= 4 is 28.6 Å². The fourth-order valence-electron chi connectivity index (χ4n) is 0.665. The monoisotopic (exact) mass is 313 g/mol. The number of carbonyl (C=O) groups excluding carboxylic acids is 1. The van der Waals surface area contributed by atoms with Gasteiger partial charge in [-0.15, -0.1) is 0 Å². The lowest BCUT2D eigenvalue weighted by Gasteiger charge is -2.27. The molecule has 0 spiro atoms. The van der Waals surface area contributed by atoms with E-state index in [2.05, 4.69) is 22.6 Å². The largest absolute Gasteiger partial charge is 0.460 e. The van der Waals surface area contributed by atoms with Crippen LogP contribution in [-0.2, 0) is 9.53 Å². The first kappa shape index (κ1) is 14.2. The van der Waals surface area contributed by atoms with Gasteiger partial charge in [-0.05, 0) is 26.7 Å². The van der Waals surface area contributed by atoms with Gasteiger partial charge in [-0.1, -0.05) is 36.4 Å². The minimum Gasteiger partial charge on any atom is -0.460 e. The van der Waals surface area contributed by atoms with Crippen LogP contribution >= 0.6 is 22.6 Å². The van der Waals surface area contributed by atoms with E-state index in [1.807, 2.05) is 34.6 Å². The van der Waals surface area contributed by atoms with E-state index >= 15 is 0 Å². The summed E-state index contributed by atoms with van der Waals surface area (Å²) in [5, 5.41) is 0.